The molecule has 6 heteroatoms. The first-order valence-corrected chi connectivity index (χ1v) is 8.16. The molecule has 3 rings (SSSR count). The van der Waals surface area contributed by atoms with Gasteiger partial charge in [-0.25, -0.2) is 18.7 Å². The van der Waals surface area contributed by atoms with Gasteiger partial charge in [0, 0.05) is 12.1 Å². The Morgan fingerprint density at radius 1 is 1.00 bits per heavy atom. The van der Waals surface area contributed by atoms with Gasteiger partial charge in [-0.15, -0.1) is 0 Å². The Morgan fingerprint density at radius 2 is 1.69 bits per heavy atom. The van der Waals surface area contributed by atoms with Crippen molar-refractivity contribution in [3.8, 4) is 17.0 Å². The van der Waals surface area contributed by atoms with Gasteiger partial charge in [-0.2, -0.15) is 0 Å². The molecule has 0 aliphatic heterocycles. The Labute approximate surface area is 150 Å². The van der Waals surface area contributed by atoms with Gasteiger partial charge in [-0.1, -0.05) is 42.0 Å². The second kappa shape index (κ2) is 7.91. The highest BCUT2D eigenvalue weighted by Crippen LogP contribution is 2.25. The quantitative estimate of drug-likeness (QED) is 0.675. The van der Waals surface area contributed by atoms with Gasteiger partial charge in [0.1, 0.15) is 11.4 Å². The summed E-state index contributed by atoms with van der Waals surface area (Å²) in [4.78, 5) is 8.31. The van der Waals surface area contributed by atoms with Crippen LogP contribution in [-0.4, -0.2) is 17.1 Å². The third-order valence-corrected chi connectivity index (χ3v) is 3.93. The molecule has 1 N–H and O–H groups in total. The number of ether oxygens (including phenoxy) is 1. The lowest BCUT2D eigenvalue weighted by molar-refractivity contribution is 0.146. The van der Waals surface area contributed by atoms with Gasteiger partial charge in [0.25, 0.3) is 6.43 Å². The molecule has 1 aromatic heterocycles. The molecule has 2 aromatic carbocycles. The van der Waals surface area contributed by atoms with Crippen molar-refractivity contribution in [3.63, 3.8) is 0 Å². The van der Waals surface area contributed by atoms with Gasteiger partial charge in [-0.3, -0.25) is 0 Å². The molecule has 134 valence electrons. The zero-order valence-corrected chi connectivity index (χ0v) is 14.5. The minimum absolute atomic E-state index is 0.175. The van der Waals surface area contributed by atoms with Crippen molar-refractivity contribution in [2.24, 2.45) is 0 Å². The number of methoxy groups -OCH3 is 1. The summed E-state index contributed by atoms with van der Waals surface area (Å²) in [6.07, 6.45) is -2.66. The van der Waals surface area contributed by atoms with E-state index in [1.165, 1.54) is 6.07 Å². The van der Waals surface area contributed by atoms with E-state index in [-0.39, 0.29) is 11.6 Å². The minimum Gasteiger partial charge on any atom is -0.497 e. The predicted molar refractivity (Wildman–Crippen MR) is 97.5 cm³/mol. The maximum atomic E-state index is 13.2. The molecule has 0 unspecified atom stereocenters. The minimum atomic E-state index is -2.66. The number of aromatic nitrogens is 2. The highest BCUT2D eigenvalue weighted by atomic mass is 19.3. The van der Waals surface area contributed by atoms with Crippen LogP contribution in [-0.2, 0) is 6.54 Å². The Balaban J connectivity index is 1.84. The van der Waals surface area contributed by atoms with Crippen LogP contribution >= 0.6 is 0 Å². The lowest BCUT2D eigenvalue weighted by Crippen LogP contribution is -2.06. The van der Waals surface area contributed by atoms with Gasteiger partial charge >= 0.3 is 0 Å². The van der Waals surface area contributed by atoms with Crippen LogP contribution < -0.4 is 10.1 Å². The topological polar surface area (TPSA) is 47.0 Å². The van der Waals surface area contributed by atoms with Crippen molar-refractivity contribution in [1.82, 2.24) is 9.97 Å². The van der Waals surface area contributed by atoms with Gasteiger partial charge in [0.15, 0.2) is 0 Å². The first-order chi connectivity index (χ1) is 12.5. The first kappa shape index (κ1) is 17.8. The van der Waals surface area contributed by atoms with Gasteiger partial charge < -0.3 is 10.1 Å². The van der Waals surface area contributed by atoms with Gasteiger partial charge in [0.2, 0.25) is 5.95 Å². The molecule has 0 radical (unpaired) electrons. The van der Waals surface area contributed by atoms with Crippen molar-refractivity contribution >= 4 is 5.95 Å². The van der Waals surface area contributed by atoms with Gasteiger partial charge in [0.05, 0.1) is 12.8 Å². The molecule has 0 aliphatic rings. The molecule has 3 aromatic rings. The second-order valence-corrected chi connectivity index (χ2v) is 5.87. The van der Waals surface area contributed by atoms with E-state index < -0.39 is 6.43 Å². The monoisotopic (exact) mass is 355 g/mol. The maximum absolute atomic E-state index is 13.2. The van der Waals surface area contributed by atoms with E-state index in [2.05, 4.69) is 15.3 Å². The molecule has 0 saturated carbocycles. The van der Waals surface area contributed by atoms with Crippen molar-refractivity contribution in [2.75, 3.05) is 12.4 Å². The molecule has 0 aliphatic carbocycles. The third kappa shape index (κ3) is 4.33. The molecule has 4 nitrogen and oxygen atoms in total. The third-order valence-electron chi connectivity index (χ3n) is 3.93. The van der Waals surface area contributed by atoms with Crippen LogP contribution in [0, 0.1) is 6.92 Å². The van der Waals surface area contributed by atoms with Crippen molar-refractivity contribution < 1.29 is 13.5 Å². The SMILES string of the molecule is COc1ccc(CNc2nc(-c3ccc(C)cc3)cc(C(F)F)n2)cc1. The molecule has 0 amide bonds. The number of anilines is 1. The fraction of sp³-hybridized carbons (Fsp3) is 0.200. The summed E-state index contributed by atoms with van der Waals surface area (Å²) in [6, 6.07) is 16.4. The van der Waals surface area contributed by atoms with Crippen LogP contribution in [0.4, 0.5) is 14.7 Å². The molecule has 0 atom stereocenters. The summed E-state index contributed by atoms with van der Waals surface area (Å²) in [5.74, 6) is 0.931. The van der Waals surface area contributed by atoms with Crippen LogP contribution in [0.5, 0.6) is 5.75 Å². The Hall–Kier alpha value is -3.02. The summed E-state index contributed by atoms with van der Waals surface area (Å²) in [6.45, 7) is 2.39. The summed E-state index contributed by atoms with van der Waals surface area (Å²) < 4.78 is 31.6. The number of nitrogens with zero attached hydrogens (tertiary/aromatic N) is 2. The van der Waals surface area contributed by atoms with Crippen molar-refractivity contribution in [3.05, 3.63) is 71.4 Å². The predicted octanol–water partition coefficient (Wildman–Crippen LogP) is 5.01. The van der Waals surface area contributed by atoms with E-state index in [9.17, 15) is 8.78 Å². The van der Waals surface area contributed by atoms with E-state index in [0.29, 0.717) is 12.2 Å². The highest BCUT2D eigenvalue weighted by molar-refractivity contribution is 5.61. The Bertz CT molecular complexity index is 865. The van der Waals surface area contributed by atoms with Crippen molar-refractivity contribution in [1.29, 1.82) is 0 Å². The van der Waals surface area contributed by atoms with Crippen LogP contribution in [0.1, 0.15) is 23.2 Å². The summed E-state index contributed by atoms with van der Waals surface area (Å²) in [5.41, 5.74) is 3.00. The zero-order chi connectivity index (χ0) is 18.5. The Kier molecular flexibility index (Phi) is 5.41. The average Bonchev–Trinajstić information content (AvgIpc) is 2.67. The Morgan fingerprint density at radius 3 is 2.31 bits per heavy atom. The molecule has 0 saturated heterocycles. The lowest BCUT2D eigenvalue weighted by atomic mass is 10.1. The molecule has 0 fully saturated rings. The number of rotatable bonds is 6. The maximum Gasteiger partial charge on any atom is 0.280 e. The molecule has 0 bridgehead atoms. The van der Waals surface area contributed by atoms with E-state index in [1.54, 1.807) is 7.11 Å². The number of halogens is 2. The van der Waals surface area contributed by atoms with E-state index in [4.69, 9.17) is 4.74 Å². The number of alkyl halides is 2. The molecule has 1 heterocycles. The molecule has 0 spiro atoms. The first-order valence-electron chi connectivity index (χ1n) is 8.16. The summed E-state index contributed by atoms with van der Waals surface area (Å²) in [5, 5.41) is 3.02. The van der Waals surface area contributed by atoms with Gasteiger partial charge in [-0.05, 0) is 30.7 Å². The van der Waals surface area contributed by atoms with E-state index in [1.807, 2.05) is 55.5 Å². The van der Waals surface area contributed by atoms with E-state index >= 15 is 0 Å². The zero-order valence-electron chi connectivity index (χ0n) is 14.5. The number of hydrogen-bond acceptors (Lipinski definition) is 4. The second-order valence-electron chi connectivity index (χ2n) is 5.87. The molecular formula is C20H19F2N3O. The van der Waals surface area contributed by atoms with Crippen LogP contribution in [0.3, 0.4) is 0 Å². The smallest absolute Gasteiger partial charge is 0.280 e. The van der Waals surface area contributed by atoms with Crippen molar-refractivity contribution in [2.45, 2.75) is 19.9 Å². The standard InChI is InChI=1S/C20H19F2N3O/c1-13-3-7-15(8-4-13)17-11-18(19(21)22)25-20(24-17)23-12-14-5-9-16(26-2)10-6-14/h3-11,19H,12H2,1-2H3,(H,23,24,25). The lowest BCUT2D eigenvalue weighted by Gasteiger charge is -2.10. The largest absolute Gasteiger partial charge is 0.497 e. The van der Waals surface area contributed by atoms with Crippen LogP contribution in [0.15, 0.2) is 54.6 Å². The number of nitrogens with one attached hydrogen (secondary N) is 1. The highest BCUT2D eigenvalue weighted by Gasteiger charge is 2.14. The fourth-order valence-corrected chi connectivity index (χ4v) is 2.45. The summed E-state index contributed by atoms with van der Waals surface area (Å²) in [7, 11) is 1.60. The van der Waals surface area contributed by atoms with E-state index in [0.717, 1.165) is 22.4 Å². The van der Waals surface area contributed by atoms with Crippen LogP contribution in [0.2, 0.25) is 0 Å². The van der Waals surface area contributed by atoms with Crippen LogP contribution in [0.25, 0.3) is 11.3 Å². The molecule has 26 heavy (non-hydrogen) atoms. The molecular weight excluding hydrogens is 336 g/mol. The summed E-state index contributed by atoms with van der Waals surface area (Å²) >= 11 is 0. The number of aryl methyl sites for hydroxylation is 1. The normalized spacial score (nSPS) is 10.8. The number of benzene rings is 2. The average molecular weight is 355 g/mol. The fourth-order valence-electron chi connectivity index (χ4n) is 2.45. The number of hydrogen-bond donors (Lipinski definition) is 1.